The minimum atomic E-state index is 0. The number of nitrogens with one attached hydrogen (secondary N) is 1. The molecule has 26 heavy (non-hydrogen) atoms. The van der Waals surface area contributed by atoms with Gasteiger partial charge in [0, 0.05) is 30.8 Å². The third-order valence-electron chi connectivity index (χ3n) is 4.63. The minimum Gasteiger partial charge on any atom is -0.493 e. The van der Waals surface area contributed by atoms with Crippen LogP contribution in [0.5, 0.6) is 5.75 Å². The summed E-state index contributed by atoms with van der Waals surface area (Å²) in [6.07, 6.45) is 0.882. The number of halogens is 1. The van der Waals surface area contributed by atoms with E-state index < -0.39 is 0 Å². The van der Waals surface area contributed by atoms with Crippen LogP contribution in [-0.4, -0.2) is 32.2 Å². The molecule has 0 saturated carbocycles. The number of aliphatic imine (C=N–C) groups is 1. The van der Waals surface area contributed by atoms with Crippen LogP contribution in [0, 0.1) is 0 Å². The van der Waals surface area contributed by atoms with Crippen LogP contribution in [0.25, 0.3) is 0 Å². The van der Waals surface area contributed by atoms with Crippen LogP contribution in [0.1, 0.15) is 24.9 Å². The number of guanidine groups is 1. The molecule has 1 heterocycles. The van der Waals surface area contributed by atoms with E-state index in [-0.39, 0.29) is 36.1 Å². The van der Waals surface area contributed by atoms with Gasteiger partial charge < -0.3 is 20.7 Å². The second-order valence-corrected chi connectivity index (χ2v) is 6.39. The van der Waals surface area contributed by atoms with Crippen LogP contribution in [0.4, 0.5) is 5.69 Å². The molecular weight excluding hydrogens is 439 g/mol. The van der Waals surface area contributed by atoms with Crippen molar-refractivity contribution >= 4 is 35.6 Å². The van der Waals surface area contributed by atoms with E-state index in [0.29, 0.717) is 19.1 Å². The first-order valence-corrected chi connectivity index (χ1v) is 8.71. The van der Waals surface area contributed by atoms with Crippen LogP contribution in [0.3, 0.4) is 0 Å². The second-order valence-electron chi connectivity index (χ2n) is 6.39. The molecule has 2 unspecified atom stereocenters. The number of rotatable bonds is 5. The predicted octanol–water partition coefficient (Wildman–Crippen LogP) is 3.56. The fraction of sp³-hybridized carbons (Fsp3) is 0.350. The topological polar surface area (TPSA) is 62.9 Å². The Bertz CT molecular complexity index is 723. The maximum absolute atomic E-state index is 6.13. The van der Waals surface area contributed by atoms with E-state index >= 15 is 0 Å². The molecule has 0 aromatic heterocycles. The van der Waals surface area contributed by atoms with Crippen molar-refractivity contribution in [2.75, 3.05) is 25.1 Å². The van der Waals surface area contributed by atoms with Gasteiger partial charge in [-0.05, 0) is 25.1 Å². The molecule has 0 bridgehead atoms. The molecule has 0 saturated heterocycles. The molecule has 0 amide bonds. The molecule has 1 aliphatic rings. The highest BCUT2D eigenvalue weighted by Gasteiger charge is 2.21. The Hall–Kier alpha value is -1.96. The van der Waals surface area contributed by atoms with Crippen molar-refractivity contribution in [3.63, 3.8) is 0 Å². The Balaban J connectivity index is 0.00000243. The van der Waals surface area contributed by atoms with E-state index in [1.165, 1.54) is 5.69 Å². The summed E-state index contributed by atoms with van der Waals surface area (Å²) in [6, 6.07) is 18.8. The van der Waals surface area contributed by atoms with Gasteiger partial charge in [0.2, 0.25) is 0 Å². The number of fused-ring (bicyclic) bond motifs is 1. The maximum atomic E-state index is 6.13. The molecule has 0 aliphatic carbocycles. The molecule has 5 nitrogen and oxygen atoms in total. The summed E-state index contributed by atoms with van der Waals surface area (Å²) in [7, 11) is 2.08. The summed E-state index contributed by atoms with van der Waals surface area (Å²) < 4.78 is 5.69. The second kappa shape index (κ2) is 9.66. The number of benzene rings is 2. The zero-order chi connectivity index (χ0) is 17.6. The van der Waals surface area contributed by atoms with Gasteiger partial charge in [0.05, 0.1) is 19.2 Å². The Morgan fingerprint density at radius 1 is 1.23 bits per heavy atom. The highest BCUT2D eigenvalue weighted by Crippen LogP contribution is 2.31. The molecule has 2 aromatic carbocycles. The van der Waals surface area contributed by atoms with Crippen LogP contribution >= 0.6 is 24.0 Å². The summed E-state index contributed by atoms with van der Waals surface area (Å²) in [5.41, 5.74) is 8.44. The van der Waals surface area contributed by atoms with Gasteiger partial charge in [-0.2, -0.15) is 0 Å². The number of ether oxygens (including phenoxy) is 1. The molecule has 2 atom stereocenters. The normalized spacial score (nSPS) is 17.3. The van der Waals surface area contributed by atoms with Gasteiger partial charge in [0.15, 0.2) is 5.96 Å². The molecule has 0 spiro atoms. The smallest absolute Gasteiger partial charge is 0.189 e. The molecule has 0 radical (unpaired) electrons. The van der Waals surface area contributed by atoms with E-state index in [1.807, 2.05) is 36.4 Å². The highest BCUT2D eigenvalue weighted by atomic mass is 127. The van der Waals surface area contributed by atoms with E-state index in [2.05, 4.69) is 47.4 Å². The number of nitrogens with zero attached hydrogens (tertiary/aromatic N) is 2. The highest BCUT2D eigenvalue weighted by molar-refractivity contribution is 14.0. The van der Waals surface area contributed by atoms with Crippen molar-refractivity contribution in [2.45, 2.75) is 25.4 Å². The number of nitrogens with two attached hydrogens (primary N) is 1. The van der Waals surface area contributed by atoms with Crippen LogP contribution in [0.15, 0.2) is 59.6 Å². The van der Waals surface area contributed by atoms with Gasteiger partial charge in [0.1, 0.15) is 5.75 Å². The quantitative estimate of drug-likeness (QED) is 0.402. The van der Waals surface area contributed by atoms with Crippen molar-refractivity contribution in [2.24, 2.45) is 10.7 Å². The minimum absolute atomic E-state index is 0. The summed E-state index contributed by atoms with van der Waals surface area (Å²) >= 11 is 0. The van der Waals surface area contributed by atoms with Gasteiger partial charge in [-0.1, -0.05) is 36.4 Å². The number of hydrogen-bond donors (Lipinski definition) is 2. The molecule has 0 fully saturated rings. The van der Waals surface area contributed by atoms with Crippen molar-refractivity contribution < 1.29 is 4.74 Å². The maximum Gasteiger partial charge on any atom is 0.189 e. The van der Waals surface area contributed by atoms with Crippen molar-refractivity contribution in [1.29, 1.82) is 0 Å². The lowest BCUT2D eigenvalue weighted by Gasteiger charge is -2.28. The lowest BCUT2D eigenvalue weighted by molar-refractivity contribution is 0.262. The fourth-order valence-corrected chi connectivity index (χ4v) is 2.99. The molecule has 3 rings (SSSR count). The average molecular weight is 466 g/mol. The van der Waals surface area contributed by atoms with Crippen LogP contribution < -0.4 is 20.7 Å². The zero-order valence-electron chi connectivity index (χ0n) is 15.3. The van der Waals surface area contributed by atoms with Crippen molar-refractivity contribution in [1.82, 2.24) is 5.32 Å². The summed E-state index contributed by atoms with van der Waals surface area (Å²) in [4.78, 5) is 6.75. The van der Waals surface area contributed by atoms with Gasteiger partial charge >= 0.3 is 0 Å². The summed E-state index contributed by atoms with van der Waals surface area (Å²) in [6.45, 7) is 3.47. The number of likely N-dealkylation sites (N-methyl/N-ethyl adjacent to an activating group) is 1. The Labute approximate surface area is 172 Å². The third-order valence-corrected chi connectivity index (χ3v) is 4.63. The van der Waals surface area contributed by atoms with Crippen LogP contribution in [-0.2, 0) is 0 Å². The number of anilines is 1. The summed E-state index contributed by atoms with van der Waals surface area (Å²) in [5.74, 6) is 1.41. The Morgan fingerprint density at radius 3 is 2.69 bits per heavy atom. The molecule has 140 valence electrons. The SMILES string of the molecule is CC(CN=C(N)NC1CCOc2ccccc21)N(C)c1ccccc1.I. The Kier molecular flexibility index (Phi) is 7.56. The van der Waals surface area contributed by atoms with Crippen molar-refractivity contribution in [3.05, 3.63) is 60.2 Å². The van der Waals surface area contributed by atoms with E-state index in [1.54, 1.807) is 0 Å². The zero-order valence-corrected chi connectivity index (χ0v) is 17.6. The lowest BCUT2D eigenvalue weighted by Crippen LogP contribution is -2.39. The Morgan fingerprint density at radius 2 is 1.92 bits per heavy atom. The van der Waals surface area contributed by atoms with Gasteiger partial charge in [0.25, 0.3) is 0 Å². The largest absolute Gasteiger partial charge is 0.493 e. The third kappa shape index (κ3) is 5.03. The van der Waals surface area contributed by atoms with Gasteiger partial charge in [-0.25, -0.2) is 0 Å². The van der Waals surface area contributed by atoms with E-state index in [9.17, 15) is 0 Å². The lowest BCUT2D eigenvalue weighted by atomic mass is 10.0. The average Bonchev–Trinajstić information content (AvgIpc) is 2.66. The first-order valence-electron chi connectivity index (χ1n) is 8.71. The fourth-order valence-electron chi connectivity index (χ4n) is 2.99. The predicted molar refractivity (Wildman–Crippen MR) is 119 cm³/mol. The monoisotopic (exact) mass is 466 g/mol. The first kappa shape index (κ1) is 20.4. The molecule has 6 heteroatoms. The van der Waals surface area contributed by atoms with E-state index in [4.69, 9.17) is 10.5 Å². The standard InChI is InChI=1S/C20H26N4O.HI/c1-15(24(2)16-8-4-3-5-9-16)14-22-20(21)23-18-12-13-25-19-11-7-6-10-17(18)19;/h3-11,15,18H,12-14H2,1-2H3,(H3,21,22,23);1H. The van der Waals surface area contributed by atoms with Gasteiger partial charge in [-0.15, -0.1) is 24.0 Å². The first-order chi connectivity index (χ1) is 12.1. The molecule has 1 aliphatic heterocycles. The molecule has 2 aromatic rings. The molecular formula is C20H27IN4O. The number of hydrogen-bond acceptors (Lipinski definition) is 3. The number of para-hydroxylation sites is 2. The van der Waals surface area contributed by atoms with Crippen molar-refractivity contribution in [3.8, 4) is 5.75 Å². The summed E-state index contributed by atoms with van der Waals surface area (Å²) in [5, 5.41) is 3.34. The van der Waals surface area contributed by atoms with Gasteiger partial charge in [-0.3, -0.25) is 4.99 Å². The van der Waals surface area contributed by atoms with Crippen LogP contribution in [0.2, 0.25) is 0 Å². The molecule has 3 N–H and O–H groups in total. The van der Waals surface area contributed by atoms with E-state index in [0.717, 1.165) is 17.7 Å².